The largest absolute Gasteiger partial charge is 0.481 e. The third kappa shape index (κ3) is 4.91. The molecule has 1 aliphatic heterocycles. The molecule has 7 heteroatoms. The van der Waals surface area contributed by atoms with E-state index in [9.17, 15) is 9.59 Å². The molecule has 0 bridgehead atoms. The van der Waals surface area contributed by atoms with Crippen molar-refractivity contribution in [2.45, 2.75) is 39.0 Å². The fourth-order valence-corrected chi connectivity index (χ4v) is 4.62. The smallest absolute Gasteiger partial charge is 0.290 e. The molecule has 0 saturated heterocycles. The molecule has 36 heavy (non-hydrogen) atoms. The number of carbonyl (C=O) groups excluding carboxylic acids is 2. The predicted molar refractivity (Wildman–Crippen MR) is 134 cm³/mol. The summed E-state index contributed by atoms with van der Waals surface area (Å²) < 4.78 is 16.7. The summed E-state index contributed by atoms with van der Waals surface area (Å²) in [5, 5.41) is 2.82. The van der Waals surface area contributed by atoms with Gasteiger partial charge in [-0.3, -0.25) is 9.59 Å². The first-order chi connectivity index (χ1) is 17.5. The first-order valence-corrected chi connectivity index (χ1v) is 12.0. The van der Waals surface area contributed by atoms with Crippen LogP contribution in [0.15, 0.2) is 88.1 Å². The molecule has 5 rings (SSSR count). The molecule has 0 radical (unpaired) electrons. The van der Waals surface area contributed by atoms with Gasteiger partial charge < -0.3 is 23.8 Å². The van der Waals surface area contributed by atoms with Crippen LogP contribution in [-0.4, -0.2) is 29.4 Å². The number of benzene rings is 2. The van der Waals surface area contributed by atoms with Gasteiger partial charge in [-0.2, -0.15) is 0 Å². The molecule has 0 aliphatic carbocycles. The second kappa shape index (κ2) is 10.2. The Balaban J connectivity index is 1.42. The first kappa shape index (κ1) is 23.5. The minimum Gasteiger partial charge on any atom is -0.481 e. The van der Waals surface area contributed by atoms with Crippen molar-refractivity contribution >= 4 is 11.8 Å². The van der Waals surface area contributed by atoms with Gasteiger partial charge in [0, 0.05) is 6.54 Å². The number of nitrogens with zero attached hydrogens (tertiary/aromatic N) is 1. The lowest BCUT2D eigenvalue weighted by Crippen LogP contribution is -2.40. The number of rotatable bonds is 7. The van der Waals surface area contributed by atoms with Crippen LogP contribution >= 0.6 is 0 Å². The van der Waals surface area contributed by atoms with E-state index in [1.165, 1.54) is 6.26 Å². The molecule has 2 amide bonds. The molecule has 2 atom stereocenters. The van der Waals surface area contributed by atoms with E-state index in [0.29, 0.717) is 36.8 Å². The number of carbonyl (C=O) groups is 2. The van der Waals surface area contributed by atoms with Gasteiger partial charge in [-0.05, 0) is 73.4 Å². The number of furan rings is 2. The van der Waals surface area contributed by atoms with Crippen molar-refractivity contribution < 1.29 is 23.2 Å². The summed E-state index contributed by atoms with van der Waals surface area (Å²) in [6, 6.07) is 20.7. The van der Waals surface area contributed by atoms with Crippen molar-refractivity contribution in [3.8, 4) is 5.75 Å². The summed E-state index contributed by atoms with van der Waals surface area (Å²) in [4.78, 5) is 27.8. The Hall–Kier alpha value is -4.26. The van der Waals surface area contributed by atoms with Gasteiger partial charge in [0.15, 0.2) is 11.9 Å². The standard InChI is InChI=1S/C29H28N2O5/c1-19-6-3-7-22(16-19)27-25-17-23(36-20(2)28(32)30-18-24-8-4-14-34-24)11-10-21(25)12-13-31(27)29(33)26-9-5-15-35-26/h3-11,14-17,20,27H,12-13,18H2,1-2H3,(H,30,32). The van der Waals surface area contributed by atoms with Gasteiger partial charge in [-0.15, -0.1) is 0 Å². The molecule has 0 spiro atoms. The monoisotopic (exact) mass is 484 g/mol. The van der Waals surface area contributed by atoms with E-state index in [-0.39, 0.29) is 17.9 Å². The van der Waals surface area contributed by atoms with E-state index in [0.717, 1.165) is 22.3 Å². The molecule has 3 heterocycles. The Morgan fingerprint density at radius 2 is 1.89 bits per heavy atom. The third-order valence-corrected chi connectivity index (χ3v) is 6.40. The molecular weight excluding hydrogens is 456 g/mol. The number of ether oxygens (including phenoxy) is 1. The van der Waals surface area contributed by atoms with Gasteiger partial charge in [0.1, 0.15) is 11.5 Å². The minimum atomic E-state index is -0.708. The lowest BCUT2D eigenvalue weighted by atomic mass is 9.87. The highest BCUT2D eigenvalue weighted by atomic mass is 16.5. The van der Waals surface area contributed by atoms with E-state index in [2.05, 4.69) is 11.4 Å². The van der Waals surface area contributed by atoms with Gasteiger partial charge >= 0.3 is 0 Å². The number of amides is 2. The van der Waals surface area contributed by atoms with Crippen LogP contribution in [0.3, 0.4) is 0 Å². The second-order valence-electron chi connectivity index (χ2n) is 8.96. The van der Waals surface area contributed by atoms with Gasteiger partial charge in [0.05, 0.1) is 25.1 Å². The van der Waals surface area contributed by atoms with Gasteiger partial charge in [0.2, 0.25) is 0 Å². The van der Waals surface area contributed by atoms with Crippen LogP contribution in [0.5, 0.6) is 5.75 Å². The van der Waals surface area contributed by atoms with Crippen LogP contribution in [0.4, 0.5) is 0 Å². The lowest BCUT2D eigenvalue weighted by Gasteiger charge is -2.37. The van der Waals surface area contributed by atoms with Crippen LogP contribution in [0.1, 0.15) is 51.5 Å². The average molecular weight is 485 g/mol. The Morgan fingerprint density at radius 1 is 1.06 bits per heavy atom. The minimum absolute atomic E-state index is 0.158. The fourth-order valence-electron chi connectivity index (χ4n) is 4.62. The van der Waals surface area contributed by atoms with Crippen LogP contribution in [0.25, 0.3) is 0 Å². The van der Waals surface area contributed by atoms with E-state index in [4.69, 9.17) is 13.6 Å². The van der Waals surface area contributed by atoms with E-state index >= 15 is 0 Å². The van der Waals surface area contributed by atoms with Crippen LogP contribution in [0, 0.1) is 6.92 Å². The maximum atomic E-state index is 13.4. The number of aryl methyl sites for hydroxylation is 1. The highest BCUT2D eigenvalue weighted by molar-refractivity contribution is 5.92. The van der Waals surface area contributed by atoms with Gasteiger partial charge in [0.25, 0.3) is 11.8 Å². The number of hydrogen-bond donors (Lipinski definition) is 1. The lowest BCUT2D eigenvalue weighted by molar-refractivity contribution is -0.127. The van der Waals surface area contributed by atoms with E-state index < -0.39 is 6.10 Å². The van der Waals surface area contributed by atoms with Crippen molar-refractivity contribution in [3.05, 3.63) is 113 Å². The van der Waals surface area contributed by atoms with Crippen molar-refractivity contribution in [2.24, 2.45) is 0 Å². The fraction of sp³-hybridized carbons (Fsp3) is 0.241. The maximum absolute atomic E-state index is 13.4. The zero-order valence-corrected chi connectivity index (χ0v) is 20.3. The van der Waals surface area contributed by atoms with Crippen molar-refractivity contribution in [1.29, 1.82) is 0 Å². The number of hydrogen-bond acceptors (Lipinski definition) is 5. The first-order valence-electron chi connectivity index (χ1n) is 12.0. The quantitative estimate of drug-likeness (QED) is 0.397. The summed E-state index contributed by atoms with van der Waals surface area (Å²) in [6.45, 7) is 4.61. The molecule has 2 aromatic heterocycles. The van der Waals surface area contributed by atoms with E-state index in [1.807, 2.05) is 48.2 Å². The average Bonchev–Trinajstić information content (AvgIpc) is 3.61. The van der Waals surface area contributed by atoms with Crippen LogP contribution < -0.4 is 10.1 Å². The summed E-state index contributed by atoms with van der Waals surface area (Å²) in [5.74, 6) is 1.15. The summed E-state index contributed by atoms with van der Waals surface area (Å²) in [7, 11) is 0. The molecule has 0 saturated carbocycles. The highest BCUT2D eigenvalue weighted by Gasteiger charge is 2.34. The topological polar surface area (TPSA) is 84.9 Å². The van der Waals surface area contributed by atoms with E-state index in [1.54, 1.807) is 37.5 Å². The maximum Gasteiger partial charge on any atom is 0.290 e. The molecular formula is C29H28N2O5. The van der Waals surface area contributed by atoms with Crippen LogP contribution in [-0.2, 0) is 17.8 Å². The summed E-state index contributed by atoms with van der Waals surface area (Å²) in [5.41, 5.74) is 4.25. The Kier molecular flexibility index (Phi) is 6.62. The van der Waals surface area contributed by atoms with Gasteiger partial charge in [-0.1, -0.05) is 35.9 Å². The van der Waals surface area contributed by atoms with Crippen molar-refractivity contribution in [3.63, 3.8) is 0 Å². The van der Waals surface area contributed by atoms with Crippen molar-refractivity contribution in [2.75, 3.05) is 6.54 Å². The predicted octanol–water partition coefficient (Wildman–Crippen LogP) is 5.05. The molecule has 184 valence electrons. The normalized spacial score (nSPS) is 15.7. The molecule has 0 fully saturated rings. The summed E-state index contributed by atoms with van der Waals surface area (Å²) in [6.07, 6.45) is 3.08. The number of nitrogens with one attached hydrogen (secondary N) is 1. The number of fused-ring (bicyclic) bond motifs is 1. The molecule has 4 aromatic rings. The summed E-state index contributed by atoms with van der Waals surface area (Å²) >= 11 is 0. The molecule has 1 aliphatic rings. The Morgan fingerprint density at radius 3 is 2.64 bits per heavy atom. The Bertz CT molecular complexity index is 1340. The SMILES string of the molecule is Cc1cccc(C2c3cc(OC(C)C(=O)NCc4ccco4)ccc3CCN2C(=O)c2ccco2)c1. The molecule has 2 unspecified atom stereocenters. The molecule has 7 nitrogen and oxygen atoms in total. The zero-order valence-electron chi connectivity index (χ0n) is 20.3. The molecule has 2 aromatic carbocycles. The van der Waals surface area contributed by atoms with Gasteiger partial charge in [-0.25, -0.2) is 0 Å². The third-order valence-electron chi connectivity index (χ3n) is 6.40. The second-order valence-corrected chi connectivity index (χ2v) is 8.96. The zero-order chi connectivity index (χ0) is 25.1. The van der Waals surface area contributed by atoms with Crippen LogP contribution in [0.2, 0.25) is 0 Å². The molecule has 1 N–H and O–H groups in total. The highest BCUT2D eigenvalue weighted by Crippen LogP contribution is 2.38. The van der Waals surface area contributed by atoms with Crippen molar-refractivity contribution in [1.82, 2.24) is 10.2 Å². The Labute approximate surface area is 209 Å².